The molecule has 4 nitrogen and oxygen atoms in total. The first-order chi connectivity index (χ1) is 8.95. The molecule has 19 heavy (non-hydrogen) atoms. The van der Waals surface area contributed by atoms with Gasteiger partial charge in [0.15, 0.2) is 0 Å². The summed E-state index contributed by atoms with van der Waals surface area (Å²) < 4.78 is 31.2. The van der Waals surface area contributed by atoms with Crippen LogP contribution in [0.25, 0.3) is 0 Å². The van der Waals surface area contributed by atoms with Gasteiger partial charge in [-0.15, -0.1) is 0 Å². The Bertz CT molecular complexity index is 479. The summed E-state index contributed by atoms with van der Waals surface area (Å²) in [6.07, 6.45) is 5.89. The van der Waals surface area contributed by atoms with Gasteiger partial charge in [-0.3, -0.25) is 0 Å². The van der Waals surface area contributed by atoms with Crippen LogP contribution >= 0.6 is 0 Å². The summed E-state index contributed by atoms with van der Waals surface area (Å²) >= 11 is 0. The van der Waals surface area contributed by atoms with E-state index in [-0.39, 0.29) is 4.90 Å². The second-order valence-electron chi connectivity index (χ2n) is 5.39. The largest absolute Gasteiger partial charge is 0.744 e. The molecule has 0 atom stereocenters. The van der Waals surface area contributed by atoms with Crippen molar-refractivity contribution in [3.05, 3.63) is 29.8 Å². The van der Waals surface area contributed by atoms with Crippen LogP contribution < -0.4 is 5.32 Å². The molecule has 2 heterocycles. The SMILES string of the molecule is C1CC2CCC1CN2.Cc1ccc(S(=O)(=O)[O-])cc1. The highest BCUT2D eigenvalue weighted by Crippen LogP contribution is 2.28. The fourth-order valence-electron chi connectivity index (χ4n) is 2.61. The van der Waals surface area contributed by atoms with Crippen molar-refractivity contribution in [2.24, 2.45) is 5.92 Å². The summed E-state index contributed by atoms with van der Waals surface area (Å²) in [7, 11) is -4.27. The van der Waals surface area contributed by atoms with Crippen LogP contribution in [0.2, 0.25) is 0 Å². The molecule has 0 aromatic heterocycles. The lowest BCUT2D eigenvalue weighted by Gasteiger charge is -2.36. The molecule has 1 saturated carbocycles. The third kappa shape index (κ3) is 4.30. The highest BCUT2D eigenvalue weighted by atomic mass is 32.2. The first-order valence-electron chi connectivity index (χ1n) is 6.71. The quantitative estimate of drug-likeness (QED) is 0.800. The summed E-state index contributed by atoms with van der Waals surface area (Å²) in [6.45, 7) is 3.13. The molecule has 2 saturated heterocycles. The summed E-state index contributed by atoms with van der Waals surface area (Å²) in [5.41, 5.74) is 0.928. The van der Waals surface area contributed by atoms with Gasteiger partial charge in [0.2, 0.25) is 0 Å². The first kappa shape index (κ1) is 14.5. The molecule has 1 aromatic carbocycles. The van der Waals surface area contributed by atoms with Crippen molar-refractivity contribution in [1.29, 1.82) is 0 Å². The minimum atomic E-state index is -4.27. The lowest BCUT2D eigenvalue weighted by molar-refractivity contribution is 0.213. The number of nitrogens with one attached hydrogen (secondary N) is 1. The number of aryl methyl sites for hydroxylation is 1. The average molecular weight is 282 g/mol. The molecule has 3 aliphatic rings. The van der Waals surface area contributed by atoms with Gasteiger partial charge in [0, 0.05) is 6.04 Å². The summed E-state index contributed by atoms with van der Waals surface area (Å²) in [5.74, 6) is 1.04. The number of hydrogen-bond acceptors (Lipinski definition) is 4. The predicted octanol–water partition coefficient (Wildman–Crippen LogP) is 2.05. The van der Waals surface area contributed by atoms with Gasteiger partial charge in [-0.25, -0.2) is 8.42 Å². The van der Waals surface area contributed by atoms with Crippen LogP contribution in [0.3, 0.4) is 0 Å². The third-order valence-corrected chi connectivity index (χ3v) is 4.70. The molecule has 2 bridgehead atoms. The lowest BCUT2D eigenvalue weighted by Crippen LogP contribution is -2.44. The van der Waals surface area contributed by atoms with E-state index in [0.29, 0.717) is 0 Å². The summed E-state index contributed by atoms with van der Waals surface area (Å²) in [6, 6.07) is 6.69. The van der Waals surface area contributed by atoms with Crippen molar-refractivity contribution in [2.75, 3.05) is 6.54 Å². The first-order valence-corrected chi connectivity index (χ1v) is 8.12. The van der Waals surface area contributed by atoms with Crippen molar-refractivity contribution in [3.63, 3.8) is 0 Å². The zero-order valence-corrected chi connectivity index (χ0v) is 11.9. The average Bonchev–Trinajstić information content (AvgIpc) is 2.41. The molecule has 0 unspecified atom stereocenters. The van der Waals surface area contributed by atoms with Gasteiger partial charge >= 0.3 is 0 Å². The Labute approximate surface area is 115 Å². The maximum Gasteiger partial charge on any atom is 0.124 e. The summed E-state index contributed by atoms with van der Waals surface area (Å²) in [5, 5.41) is 3.52. The highest BCUT2D eigenvalue weighted by molar-refractivity contribution is 7.85. The molecule has 0 amide bonds. The van der Waals surface area contributed by atoms with Crippen molar-refractivity contribution in [1.82, 2.24) is 5.32 Å². The Morgan fingerprint density at radius 3 is 1.95 bits per heavy atom. The van der Waals surface area contributed by atoms with Gasteiger partial charge in [-0.2, -0.15) is 0 Å². The monoisotopic (exact) mass is 282 g/mol. The predicted molar refractivity (Wildman–Crippen MR) is 72.9 cm³/mol. The zero-order chi connectivity index (χ0) is 13.9. The minimum absolute atomic E-state index is 0.178. The molecule has 5 heteroatoms. The minimum Gasteiger partial charge on any atom is -0.744 e. The summed E-state index contributed by atoms with van der Waals surface area (Å²) in [4.78, 5) is -0.178. The molecule has 1 aromatic rings. The maximum atomic E-state index is 10.4. The van der Waals surface area contributed by atoms with Crippen molar-refractivity contribution < 1.29 is 13.0 Å². The Hall–Kier alpha value is -0.910. The Morgan fingerprint density at radius 2 is 1.68 bits per heavy atom. The van der Waals surface area contributed by atoms with Crippen molar-refractivity contribution in [2.45, 2.75) is 43.5 Å². The molecule has 2 aliphatic heterocycles. The van der Waals surface area contributed by atoms with E-state index in [1.165, 1.54) is 44.4 Å². The van der Waals surface area contributed by atoms with Crippen LogP contribution in [-0.4, -0.2) is 25.6 Å². The van der Waals surface area contributed by atoms with E-state index in [1.54, 1.807) is 12.1 Å². The molecule has 3 fully saturated rings. The molecule has 1 aliphatic carbocycles. The van der Waals surface area contributed by atoms with Crippen LogP contribution in [-0.2, 0) is 10.1 Å². The van der Waals surface area contributed by atoms with Gasteiger partial charge in [0.1, 0.15) is 10.1 Å². The number of hydrogen-bond donors (Lipinski definition) is 1. The van der Waals surface area contributed by atoms with E-state index in [9.17, 15) is 13.0 Å². The van der Waals surface area contributed by atoms with Crippen LogP contribution in [0.5, 0.6) is 0 Å². The molecular weight excluding hydrogens is 262 g/mol. The Morgan fingerprint density at radius 1 is 1.11 bits per heavy atom. The number of rotatable bonds is 1. The topological polar surface area (TPSA) is 69.2 Å². The van der Waals surface area contributed by atoms with E-state index in [2.05, 4.69) is 5.32 Å². The standard InChI is InChI=1S/C7H13N.C7H8O3S/c1-3-7-4-2-6(1)5-8-7;1-6-2-4-7(5-3-6)11(8,9)10/h6-8H,1-5H2;2-5H,1H3,(H,8,9,10)/p-1. The number of piperidine rings is 2. The van der Waals surface area contributed by atoms with E-state index in [4.69, 9.17) is 0 Å². The zero-order valence-electron chi connectivity index (χ0n) is 11.1. The van der Waals surface area contributed by atoms with Crippen LogP contribution in [0, 0.1) is 12.8 Å². The fourth-order valence-corrected chi connectivity index (χ4v) is 3.08. The van der Waals surface area contributed by atoms with Crippen LogP contribution in [0.15, 0.2) is 29.2 Å². The second-order valence-corrected chi connectivity index (χ2v) is 6.77. The normalized spacial score (nSPS) is 25.6. The number of fused-ring (bicyclic) bond motifs is 3. The molecule has 4 rings (SSSR count). The van der Waals surface area contributed by atoms with E-state index in [1.807, 2.05) is 6.92 Å². The Balaban J connectivity index is 0.000000146. The molecule has 106 valence electrons. The van der Waals surface area contributed by atoms with Gasteiger partial charge < -0.3 is 9.87 Å². The lowest BCUT2D eigenvalue weighted by atomic mass is 9.82. The maximum absolute atomic E-state index is 10.4. The van der Waals surface area contributed by atoms with Crippen LogP contribution in [0.1, 0.15) is 31.2 Å². The van der Waals surface area contributed by atoms with E-state index >= 15 is 0 Å². The fraction of sp³-hybridized carbons (Fsp3) is 0.571. The van der Waals surface area contributed by atoms with Gasteiger partial charge in [0.05, 0.1) is 4.90 Å². The highest BCUT2D eigenvalue weighted by Gasteiger charge is 2.25. The van der Waals surface area contributed by atoms with Crippen LogP contribution in [0.4, 0.5) is 0 Å². The van der Waals surface area contributed by atoms with Gasteiger partial charge in [0.25, 0.3) is 0 Å². The van der Waals surface area contributed by atoms with E-state index < -0.39 is 10.1 Å². The van der Waals surface area contributed by atoms with Gasteiger partial charge in [-0.1, -0.05) is 17.7 Å². The smallest absolute Gasteiger partial charge is 0.124 e. The third-order valence-electron chi connectivity index (χ3n) is 3.85. The van der Waals surface area contributed by atoms with Crippen molar-refractivity contribution >= 4 is 10.1 Å². The molecule has 0 radical (unpaired) electrons. The molecule has 0 spiro atoms. The molecule has 1 N–H and O–H groups in total. The van der Waals surface area contributed by atoms with Crippen molar-refractivity contribution in [3.8, 4) is 0 Å². The Kier molecular flexibility index (Phi) is 4.60. The second kappa shape index (κ2) is 6.03. The van der Waals surface area contributed by atoms with E-state index in [0.717, 1.165) is 17.5 Å². The molecular formula is C14H20NO3S-. The van der Waals surface area contributed by atoms with Gasteiger partial charge in [-0.05, 0) is 57.2 Å². The number of benzene rings is 1.